The highest BCUT2D eigenvalue weighted by Gasteiger charge is 2.07. The predicted molar refractivity (Wildman–Crippen MR) is 78.8 cm³/mol. The van der Waals surface area contributed by atoms with E-state index in [1.54, 1.807) is 0 Å². The Hall–Kier alpha value is -1.42. The maximum atomic E-state index is 4.57. The lowest BCUT2D eigenvalue weighted by Crippen LogP contribution is -2.00. The fourth-order valence-electron chi connectivity index (χ4n) is 1.67. The second-order valence-electron chi connectivity index (χ2n) is 4.14. The molecule has 1 aromatic carbocycles. The van der Waals surface area contributed by atoms with E-state index in [4.69, 9.17) is 0 Å². The van der Waals surface area contributed by atoms with Gasteiger partial charge in [-0.15, -0.1) is 0 Å². The van der Waals surface area contributed by atoms with Crippen molar-refractivity contribution in [1.29, 1.82) is 0 Å². The van der Waals surface area contributed by atoms with Crippen LogP contribution < -0.4 is 5.32 Å². The molecule has 2 aromatic rings. The van der Waals surface area contributed by atoms with Gasteiger partial charge in [0.05, 0.1) is 0 Å². The molecule has 0 radical (unpaired) electrons. The van der Waals surface area contributed by atoms with E-state index in [9.17, 15) is 0 Å². The third kappa shape index (κ3) is 2.70. The quantitative estimate of drug-likeness (QED) is 0.937. The number of halogens is 1. The van der Waals surface area contributed by atoms with Gasteiger partial charge < -0.3 is 5.32 Å². The fraction of sp³-hybridized carbons (Fsp3) is 0.286. The van der Waals surface area contributed by atoms with Gasteiger partial charge in [-0.1, -0.05) is 35.0 Å². The molecule has 0 atom stereocenters. The lowest BCUT2D eigenvalue weighted by molar-refractivity contribution is 1.01. The Balaban J connectivity index is 2.51. The molecule has 0 bridgehead atoms. The van der Waals surface area contributed by atoms with Crippen LogP contribution >= 0.6 is 15.9 Å². The van der Waals surface area contributed by atoms with Crippen molar-refractivity contribution in [1.82, 2.24) is 9.97 Å². The minimum Gasteiger partial charge on any atom is -0.373 e. The van der Waals surface area contributed by atoms with Gasteiger partial charge in [-0.2, -0.15) is 0 Å². The summed E-state index contributed by atoms with van der Waals surface area (Å²) in [6, 6.07) is 8.16. The summed E-state index contributed by atoms with van der Waals surface area (Å²) in [5.41, 5.74) is 3.28. The van der Waals surface area contributed by atoms with Crippen molar-refractivity contribution in [2.45, 2.75) is 20.3 Å². The topological polar surface area (TPSA) is 37.8 Å². The first kappa shape index (κ1) is 13.0. The minimum absolute atomic E-state index is 0.763. The second kappa shape index (κ2) is 5.48. The van der Waals surface area contributed by atoms with Crippen LogP contribution in [-0.2, 0) is 6.42 Å². The molecule has 4 heteroatoms. The van der Waals surface area contributed by atoms with Crippen molar-refractivity contribution >= 4 is 21.7 Å². The molecule has 1 N–H and O–H groups in total. The maximum Gasteiger partial charge on any atom is 0.161 e. The summed E-state index contributed by atoms with van der Waals surface area (Å²) < 4.78 is 1.08. The lowest BCUT2D eigenvalue weighted by Gasteiger charge is -2.08. The number of nitrogens with one attached hydrogen (secondary N) is 1. The minimum atomic E-state index is 0.763. The van der Waals surface area contributed by atoms with Crippen LogP contribution in [0, 0.1) is 6.92 Å². The van der Waals surface area contributed by atoms with Crippen LogP contribution in [0.2, 0.25) is 0 Å². The summed E-state index contributed by atoms with van der Waals surface area (Å²) in [6.07, 6.45) is 0.900. The molecular formula is C14H16BrN3. The lowest BCUT2D eigenvalue weighted by atomic mass is 10.1. The molecule has 1 aromatic heterocycles. The van der Waals surface area contributed by atoms with Crippen LogP contribution in [-0.4, -0.2) is 17.0 Å². The van der Waals surface area contributed by atoms with Crippen LogP contribution in [0.25, 0.3) is 11.4 Å². The Morgan fingerprint density at radius 2 is 2.00 bits per heavy atom. The van der Waals surface area contributed by atoms with Gasteiger partial charge in [-0.25, -0.2) is 9.97 Å². The summed E-state index contributed by atoms with van der Waals surface area (Å²) in [5.74, 6) is 1.62. The monoisotopic (exact) mass is 305 g/mol. The van der Waals surface area contributed by atoms with Crippen LogP contribution in [0.3, 0.4) is 0 Å². The fourth-order valence-corrected chi connectivity index (χ4v) is 2.05. The van der Waals surface area contributed by atoms with Crippen molar-refractivity contribution in [3.63, 3.8) is 0 Å². The number of rotatable bonds is 3. The normalized spacial score (nSPS) is 10.4. The molecule has 3 nitrogen and oxygen atoms in total. The van der Waals surface area contributed by atoms with Gasteiger partial charge in [-0.05, 0) is 25.0 Å². The average Bonchev–Trinajstić information content (AvgIpc) is 2.41. The SMILES string of the molecule is CCc1cc(NC)nc(-c2ccc(C)c(Br)c2)n1. The highest BCUT2D eigenvalue weighted by Crippen LogP contribution is 2.24. The van der Waals surface area contributed by atoms with Crippen molar-refractivity contribution in [2.24, 2.45) is 0 Å². The van der Waals surface area contributed by atoms with Crippen molar-refractivity contribution in [3.8, 4) is 11.4 Å². The standard InChI is InChI=1S/C14H16BrN3/c1-4-11-8-13(16-3)18-14(17-11)10-6-5-9(2)12(15)7-10/h5-8H,4H2,1-3H3,(H,16,17,18). The van der Waals surface area contributed by atoms with Gasteiger partial charge in [0.1, 0.15) is 5.82 Å². The number of aromatic nitrogens is 2. The first-order valence-electron chi connectivity index (χ1n) is 5.96. The molecule has 0 aliphatic heterocycles. The number of hydrogen-bond acceptors (Lipinski definition) is 3. The molecule has 0 amide bonds. The van der Waals surface area contributed by atoms with E-state index in [0.717, 1.165) is 33.8 Å². The van der Waals surface area contributed by atoms with Gasteiger partial charge in [0.2, 0.25) is 0 Å². The average molecular weight is 306 g/mol. The summed E-state index contributed by atoms with van der Waals surface area (Å²) in [6.45, 7) is 4.16. The van der Waals surface area contributed by atoms with E-state index < -0.39 is 0 Å². The third-order valence-corrected chi connectivity index (χ3v) is 3.68. The molecule has 0 aliphatic carbocycles. The molecule has 0 saturated heterocycles. The number of nitrogens with zero attached hydrogens (tertiary/aromatic N) is 2. The summed E-state index contributed by atoms with van der Waals surface area (Å²) in [7, 11) is 1.87. The predicted octanol–water partition coefficient (Wildman–Crippen LogP) is 3.82. The maximum absolute atomic E-state index is 4.57. The molecule has 94 valence electrons. The second-order valence-corrected chi connectivity index (χ2v) is 4.99. The van der Waals surface area contributed by atoms with Gasteiger partial charge in [0.25, 0.3) is 0 Å². The number of benzene rings is 1. The highest BCUT2D eigenvalue weighted by molar-refractivity contribution is 9.10. The zero-order chi connectivity index (χ0) is 13.1. The van der Waals surface area contributed by atoms with E-state index in [1.807, 2.05) is 19.2 Å². The van der Waals surface area contributed by atoms with Gasteiger partial charge in [-0.3, -0.25) is 0 Å². The number of anilines is 1. The van der Waals surface area contributed by atoms with Gasteiger partial charge in [0.15, 0.2) is 5.82 Å². The first-order valence-corrected chi connectivity index (χ1v) is 6.75. The molecule has 0 spiro atoms. The summed E-state index contributed by atoms with van der Waals surface area (Å²) >= 11 is 3.54. The van der Waals surface area contributed by atoms with Crippen LogP contribution in [0.15, 0.2) is 28.7 Å². The summed E-state index contributed by atoms with van der Waals surface area (Å²) in [4.78, 5) is 9.07. The van der Waals surface area contributed by atoms with Crippen LogP contribution in [0.1, 0.15) is 18.2 Å². The molecule has 1 heterocycles. The van der Waals surface area contributed by atoms with Gasteiger partial charge in [0, 0.05) is 28.8 Å². The van der Waals surface area contributed by atoms with Gasteiger partial charge >= 0.3 is 0 Å². The molecule has 0 unspecified atom stereocenters. The zero-order valence-corrected chi connectivity index (χ0v) is 12.4. The Kier molecular flexibility index (Phi) is 3.97. The Morgan fingerprint density at radius 1 is 1.22 bits per heavy atom. The molecule has 0 saturated carbocycles. The molecule has 2 rings (SSSR count). The van der Waals surface area contributed by atoms with E-state index >= 15 is 0 Å². The first-order chi connectivity index (χ1) is 8.63. The Bertz CT molecular complexity index is 545. The van der Waals surface area contributed by atoms with Crippen molar-refractivity contribution < 1.29 is 0 Å². The smallest absolute Gasteiger partial charge is 0.161 e. The Morgan fingerprint density at radius 3 is 2.61 bits per heavy atom. The van der Waals surface area contributed by atoms with Crippen LogP contribution in [0.4, 0.5) is 5.82 Å². The zero-order valence-electron chi connectivity index (χ0n) is 10.8. The molecule has 0 aliphatic rings. The third-order valence-electron chi connectivity index (χ3n) is 2.83. The van der Waals surface area contributed by atoms with E-state index in [1.165, 1.54) is 5.56 Å². The largest absolute Gasteiger partial charge is 0.373 e. The van der Waals surface area contributed by atoms with Crippen LogP contribution in [0.5, 0.6) is 0 Å². The van der Waals surface area contributed by atoms with Crippen molar-refractivity contribution in [3.05, 3.63) is 40.0 Å². The van der Waals surface area contributed by atoms with Crippen molar-refractivity contribution in [2.75, 3.05) is 12.4 Å². The number of hydrogen-bond donors (Lipinski definition) is 1. The van der Waals surface area contributed by atoms with E-state index in [-0.39, 0.29) is 0 Å². The van der Waals surface area contributed by atoms with E-state index in [0.29, 0.717) is 0 Å². The molecule has 0 fully saturated rings. The molecular weight excluding hydrogens is 290 g/mol. The van der Waals surface area contributed by atoms with E-state index in [2.05, 4.69) is 57.2 Å². The number of aryl methyl sites for hydroxylation is 2. The highest BCUT2D eigenvalue weighted by atomic mass is 79.9. The summed E-state index contributed by atoms with van der Waals surface area (Å²) in [5, 5.41) is 3.07. The molecule has 18 heavy (non-hydrogen) atoms. The Labute approximate surface area is 116 Å².